The molecule has 0 unspecified atom stereocenters. The van der Waals surface area contributed by atoms with Crippen LogP contribution in [0.25, 0.3) is 0 Å². The smallest absolute Gasteiger partial charge is 0.166 e. The van der Waals surface area contributed by atoms with Crippen LogP contribution in [0.15, 0.2) is 24.3 Å². The van der Waals surface area contributed by atoms with E-state index in [-0.39, 0.29) is 6.10 Å². The third kappa shape index (κ3) is 3.20. The summed E-state index contributed by atoms with van der Waals surface area (Å²) in [7, 11) is 1.68. The zero-order valence-corrected chi connectivity index (χ0v) is 10.7. The monoisotopic (exact) mass is 236 g/mol. The Balaban J connectivity index is 1.89. The first kappa shape index (κ1) is 12.4. The minimum absolute atomic E-state index is 0.205. The highest BCUT2D eigenvalue weighted by molar-refractivity contribution is 5.27. The van der Waals surface area contributed by atoms with Crippen molar-refractivity contribution < 1.29 is 14.2 Å². The summed E-state index contributed by atoms with van der Waals surface area (Å²) >= 11 is 0. The summed E-state index contributed by atoms with van der Waals surface area (Å²) in [5.74, 6) is 0.473. The van der Waals surface area contributed by atoms with Gasteiger partial charge in [-0.25, -0.2) is 0 Å². The molecule has 1 saturated heterocycles. The molecule has 17 heavy (non-hydrogen) atoms. The topological polar surface area (TPSA) is 27.7 Å². The van der Waals surface area contributed by atoms with Crippen molar-refractivity contribution in [3.8, 4) is 5.75 Å². The predicted molar refractivity (Wildman–Crippen MR) is 66.2 cm³/mol. The Labute approximate surface area is 103 Å². The van der Waals surface area contributed by atoms with E-state index in [1.165, 1.54) is 5.56 Å². The number of hydrogen-bond donors (Lipinski definition) is 0. The van der Waals surface area contributed by atoms with Crippen LogP contribution in [-0.2, 0) is 15.9 Å². The highest BCUT2D eigenvalue weighted by Gasteiger charge is 2.34. The van der Waals surface area contributed by atoms with Crippen molar-refractivity contribution in [3.63, 3.8) is 0 Å². The Kier molecular flexibility index (Phi) is 3.69. The molecule has 0 spiro atoms. The van der Waals surface area contributed by atoms with Gasteiger partial charge in [0.1, 0.15) is 5.75 Å². The second kappa shape index (κ2) is 5.07. The normalized spacial score (nSPS) is 28.3. The summed E-state index contributed by atoms with van der Waals surface area (Å²) in [6, 6.07) is 8.13. The van der Waals surface area contributed by atoms with Crippen LogP contribution in [0.2, 0.25) is 0 Å². The lowest BCUT2D eigenvalue weighted by Crippen LogP contribution is -2.26. The van der Waals surface area contributed by atoms with Gasteiger partial charge in [0.25, 0.3) is 0 Å². The molecule has 3 heteroatoms. The number of hydrogen-bond acceptors (Lipinski definition) is 3. The Bertz CT molecular complexity index is 360. The van der Waals surface area contributed by atoms with E-state index >= 15 is 0 Å². The van der Waals surface area contributed by atoms with Crippen LogP contribution in [-0.4, -0.2) is 25.6 Å². The van der Waals surface area contributed by atoms with Gasteiger partial charge in [0.05, 0.1) is 19.8 Å². The summed E-state index contributed by atoms with van der Waals surface area (Å²) < 4.78 is 16.6. The van der Waals surface area contributed by atoms with Crippen molar-refractivity contribution in [2.24, 2.45) is 0 Å². The van der Waals surface area contributed by atoms with Gasteiger partial charge in [-0.05, 0) is 38.0 Å². The zero-order chi connectivity index (χ0) is 12.3. The molecule has 2 atom stereocenters. The maximum Gasteiger partial charge on any atom is 0.166 e. The van der Waals surface area contributed by atoms with E-state index in [2.05, 4.69) is 12.1 Å². The number of aryl methyl sites for hydroxylation is 1. The van der Waals surface area contributed by atoms with Gasteiger partial charge < -0.3 is 14.2 Å². The van der Waals surface area contributed by atoms with Gasteiger partial charge in [-0.2, -0.15) is 0 Å². The van der Waals surface area contributed by atoms with E-state index in [0.29, 0.717) is 6.61 Å². The molecule has 0 bridgehead atoms. The summed E-state index contributed by atoms with van der Waals surface area (Å²) in [4.78, 5) is 0. The van der Waals surface area contributed by atoms with E-state index in [4.69, 9.17) is 14.2 Å². The molecule has 0 amide bonds. The van der Waals surface area contributed by atoms with Crippen molar-refractivity contribution in [1.82, 2.24) is 0 Å². The lowest BCUT2D eigenvalue weighted by Gasteiger charge is -2.22. The van der Waals surface area contributed by atoms with Crippen molar-refractivity contribution in [2.45, 2.75) is 38.6 Å². The Morgan fingerprint density at radius 3 is 2.59 bits per heavy atom. The third-order valence-electron chi connectivity index (χ3n) is 3.10. The standard InChI is InChI=1S/C14H20O3/c1-11-10-16-14(2,17-11)9-8-12-4-6-13(15-3)7-5-12/h4-7,11H,8-10H2,1-3H3/t11-,14-/m1/s1. The van der Waals surface area contributed by atoms with Crippen LogP contribution in [0.3, 0.4) is 0 Å². The Hall–Kier alpha value is -1.06. The maximum absolute atomic E-state index is 5.77. The molecule has 1 aromatic rings. The van der Waals surface area contributed by atoms with Gasteiger partial charge in [-0.1, -0.05) is 12.1 Å². The minimum atomic E-state index is -0.417. The fraction of sp³-hybridized carbons (Fsp3) is 0.571. The van der Waals surface area contributed by atoms with Gasteiger partial charge >= 0.3 is 0 Å². The highest BCUT2D eigenvalue weighted by Crippen LogP contribution is 2.28. The Morgan fingerprint density at radius 1 is 1.35 bits per heavy atom. The third-order valence-corrected chi connectivity index (χ3v) is 3.10. The molecule has 1 aromatic carbocycles. The van der Waals surface area contributed by atoms with E-state index in [1.807, 2.05) is 26.0 Å². The number of rotatable bonds is 4. The average molecular weight is 236 g/mol. The van der Waals surface area contributed by atoms with E-state index in [9.17, 15) is 0 Å². The first-order valence-corrected chi connectivity index (χ1v) is 6.06. The molecule has 1 aliphatic heterocycles. The van der Waals surface area contributed by atoms with Crippen LogP contribution >= 0.6 is 0 Å². The second-order valence-corrected chi connectivity index (χ2v) is 4.72. The van der Waals surface area contributed by atoms with Crippen LogP contribution in [0, 0.1) is 0 Å². The van der Waals surface area contributed by atoms with E-state index < -0.39 is 5.79 Å². The van der Waals surface area contributed by atoms with Crippen LogP contribution in [0.1, 0.15) is 25.8 Å². The lowest BCUT2D eigenvalue weighted by atomic mass is 10.1. The van der Waals surface area contributed by atoms with Crippen molar-refractivity contribution in [3.05, 3.63) is 29.8 Å². The number of methoxy groups -OCH3 is 1. The molecule has 3 nitrogen and oxygen atoms in total. The molecule has 0 N–H and O–H groups in total. The van der Waals surface area contributed by atoms with Gasteiger partial charge in [0, 0.05) is 6.42 Å². The Morgan fingerprint density at radius 2 is 2.06 bits per heavy atom. The number of ether oxygens (including phenoxy) is 3. The summed E-state index contributed by atoms with van der Waals surface area (Å²) in [6.45, 7) is 4.75. The second-order valence-electron chi connectivity index (χ2n) is 4.72. The molecular weight excluding hydrogens is 216 g/mol. The molecule has 1 heterocycles. The molecule has 1 fully saturated rings. The van der Waals surface area contributed by atoms with Gasteiger partial charge in [0.15, 0.2) is 5.79 Å². The van der Waals surface area contributed by atoms with E-state index in [1.54, 1.807) is 7.11 Å². The molecule has 0 saturated carbocycles. The van der Waals surface area contributed by atoms with Gasteiger partial charge in [-0.15, -0.1) is 0 Å². The molecule has 2 rings (SSSR count). The fourth-order valence-corrected chi connectivity index (χ4v) is 2.08. The predicted octanol–water partition coefficient (Wildman–Crippen LogP) is 2.78. The minimum Gasteiger partial charge on any atom is -0.497 e. The van der Waals surface area contributed by atoms with Crippen molar-refractivity contribution in [1.29, 1.82) is 0 Å². The molecule has 1 aliphatic rings. The fourth-order valence-electron chi connectivity index (χ4n) is 2.08. The maximum atomic E-state index is 5.77. The summed E-state index contributed by atoms with van der Waals surface area (Å²) in [6.07, 6.45) is 2.03. The summed E-state index contributed by atoms with van der Waals surface area (Å²) in [5.41, 5.74) is 1.28. The van der Waals surface area contributed by atoms with Crippen molar-refractivity contribution >= 4 is 0 Å². The largest absolute Gasteiger partial charge is 0.497 e. The van der Waals surface area contributed by atoms with Gasteiger partial charge in [-0.3, -0.25) is 0 Å². The quantitative estimate of drug-likeness (QED) is 0.804. The lowest BCUT2D eigenvalue weighted by molar-refractivity contribution is -0.155. The number of benzene rings is 1. The van der Waals surface area contributed by atoms with Crippen LogP contribution in [0.5, 0.6) is 5.75 Å². The summed E-state index contributed by atoms with van der Waals surface area (Å²) in [5, 5.41) is 0. The SMILES string of the molecule is COc1ccc(CC[C@]2(C)OC[C@@H](C)O2)cc1. The molecular formula is C14H20O3. The highest BCUT2D eigenvalue weighted by atomic mass is 16.7. The average Bonchev–Trinajstić information content (AvgIpc) is 2.68. The van der Waals surface area contributed by atoms with Crippen molar-refractivity contribution in [2.75, 3.05) is 13.7 Å². The van der Waals surface area contributed by atoms with Crippen LogP contribution < -0.4 is 4.74 Å². The van der Waals surface area contributed by atoms with Crippen LogP contribution in [0.4, 0.5) is 0 Å². The van der Waals surface area contributed by atoms with E-state index in [0.717, 1.165) is 18.6 Å². The molecule has 0 radical (unpaired) electrons. The first-order chi connectivity index (χ1) is 8.11. The molecule has 94 valence electrons. The molecule has 0 aliphatic carbocycles. The first-order valence-electron chi connectivity index (χ1n) is 6.06. The van der Waals surface area contributed by atoms with Gasteiger partial charge in [0.2, 0.25) is 0 Å². The zero-order valence-electron chi connectivity index (χ0n) is 10.7. The molecule has 0 aromatic heterocycles.